The Morgan fingerprint density at radius 2 is 2.20 bits per heavy atom. The normalized spacial score (nSPS) is 20.8. The number of carbonyl (C=O) groups excluding carboxylic acids is 1. The third-order valence-electron chi connectivity index (χ3n) is 3.89. The lowest BCUT2D eigenvalue weighted by atomic mass is 10.1. The summed E-state index contributed by atoms with van der Waals surface area (Å²) in [6, 6.07) is 10.3. The first-order valence-electron chi connectivity index (χ1n) is 7.38. The molecule has 0 radical (unpaired) electrons. The lowest BCUT2D eigenvalue weighted by molar-refractivity contribution is -0.122. The first kappa shape index (κ1) is 15.0. The van der Waals surface area contributed by atoms with E-state index in [1.807, 2.05) is 30.3 Å². The van der Waals surface area contributed by atoms with Gasteiger partial charge in [0.25, 0.3) is 0 Å². The number of hydrogen-bond acceptors (Lipinski definition) is 3. The topological polar surface area (TPSA) is 52.6 Å². The second kappa shape index (κ2) is 7.41. The fourth-order valence-electron chi connectivity index (χ4n) is 2.66. The Kier molecular flexibility index (Phi) is 5.56. The van der Waals surface area contributed by atoms with Crippen LogP contribution >= 0.6 is 0 Å². The Hall–Kier alpha value is -1.39. The summed E-state index contributed by atoms with van der Waals surface area (Å²) < 4.78 is 0. The van der Waals surface area contributed by atoms with E-state index >= 15 is 0 Å². The standard InChI is InChI=1S/C16H24N2O2/c1-13-6-5-9-18(13)12-16(20)17-11-15(19)10-14-7-3-2-4-8-14/h2-4,7-8,13,15,19H,5-6,9-12H2,1H3,(H,17,20). The van der Waals surface area contributed by atoms with Crippen LogP contribution in [0.15, 0.2) is 30.3 Å². The summed E-state index contributed by atoms with van der Waals surface area (Å²) in [6.45, 7) is 3.92. The van der Waals surface area contributed by atoms with Crippen molar-refractivity contribution >= 4 is 5.91 Å². The van der Waals surface area contributed by atoms with Crippen molar-refractivity contribution in [1.29, 1.82) is 0 Å². The van der Waals surface area contributed by atoms with Gasteiger partial charge in [-0.3, -0.25) is 9.69 Å². The molecule has 4 nitrogen and oxygen atoms in total. The number of nitrogens with zero attached hydrogens (tertiary/aromatic N) is 1. The molecule has 1 heterocycles. The molecule has 0 aromatic heterocycles. The van der Waals surface area contributed by atoms with Crippen LogP contribution in [0.1, 0.15) is 25.3 Å². The van der Waals surface area contributed by atoms with Crippen molar-refractivity contribution in [2.45, 2.75) is 38.3 Å². The molecule has 1 aromatic carbocycles. The fourth-order valence-corrected chi connectivity index (χ4v) is 2.66. The van der Waals surface area contributed by atoms with E-state index in [0.29, 0.717) is 25.6 Å². The monoisotopic (exact) mass is 276 g/mol. The van der Waals surface area contributed by atoms with E-state index in [1.165, 1.54) is 12.8 Å². The van der Waals surface area contributed by atoms with Gasteiger partial charge in [0.05, 0.1) is 12.6 Å². The quantitative estimate of drug-likeness (QED) is 0.820. The molecule has 2 N–H and O–H groups in total. The van der Waals surface area contributed by atoms with Crippen molar-refractivity contribution in [2.75, 3.05) is 19.6 Å². The number of aliphatic hydroxyl groups is 1. The number of likely N-dealkylation sites (tertiary alicyclic amines) is 1. The van der Waals surface area contributed by atoms with Gasteiger partial charge in [0.1, 0.15) is 0 Å². The zero-order chi connectivity index (χ0) is 14.4. The molecule has 1 fully saturated rings. The lowest BCUT2D eigenvalue weighted by Crippen LogP contribution is -2.41. The molecule has 1 aromatic rings. The van der Waals surface area contributed by atoms with Crippen molar-refractivity contribution in [2.24, 2.45) is 0 Å². The van der Waals surface area contributed by atoms with E-state index in [4.69, 9.17) is 0 Å². The Morgan fingerprint density at radius 1 is 1.45 bits per heavy atom. The van der Waals surface area contributed by atoms with Gasteiger partial charge >= 0.3 is 0 Å². The average Bonchev–Trinajstić information content (AvgIpc) is 2.83. The molecule has 2 unspecified atom stereocenters. The van der Waals surface area contributed by atoms with Crippen LogP contribution in [0, 0.1) is 0 Å². The number of nitrogens with one attached hydrogen (secondary N) is 1. The fraction of sp³-hybridized carbons (Fsp3) is 0.562. The van der Waals surface area contributed by atoms with Crippen molar-refractivity contribution in [3.8, 4) is 0 Å². The minimum atomic E-state index is -0.530. The Morgan fingerprint density at radius 3 is 2.85 bits per heavy atom. The number of benzene rings is 1. The Labute approximate surface area is 120 Å². The number of aliphatic hydroxyl groups excluding tert-OH is 1. The highest BCUT2D eigenvalue weighted by Gasteiger charge is 2.22. The van der Waals surface area contributed by atoms with Crippen LogP contribution in [0.2, 0.25) is 0 Å². The molecular formula is C16H24N2O2. The predicted molar refractivity (Wildman–Crippen MR) is 79.4 cm³/mol. The van der Waals surface area contributed by atoms with Gasteiger partial charge in [0, 0.05) is 19.0 Å². The van der Waals surface area contributed by atoms with E-state index in [-0.39, 0.29) is 5.91 Å². The second-order valence-electron chi connectivity index (χ2n) is 5.61. The van der Waals surface area contributed by atoms with E-state index in [0.717, 1.165) is 12.1 Å². The molecule has 2 rings (SSSR count). The summed E-state index contributed by atoms with van der Waals surface area (Å²) in [6.07, 6.45) is 2.38. The molecule has 1 aliphatic rings. The molecule has 0 saturated carbocycles. The smallest absolute Gasteiger partial charge is 0.234 e. The van der Waals surface area contributed by atoms with Crippen LogP contribution in [0.25, 0.3) is 0 Å². The maximum Gasteiger partial charge on any atom is 0.234 e. The van der Waals surface area contributed by atoms with Crippen molar-refractivity contribution in [1.82, 2.24) is 10.2 Å². The summed E-state index contributed by atoms with van der Waals surface area (Å²) in [5, 5.41) is 12.8. The molecule has 110 valence electrons. The highest BCUT2D eigenvalue weighted by molar-refractivity contribution is 5.78. The van der Waals surface area contributed by atoms with Gasteiger partial charge in [0.15, 0.2) is 0 Å². The molecule has 0 bridgehead atoms. The van der Waals surface area contributed by atoms with E-state index in [1.54, 1.807) is 0 Å². The van der Waals surface area contributed by atoms with Crippen LogP contribution in [0.5, 0.6) is 0 Å². The van der Waals surface area contributed by atoms with Crippen LogP contribution < -0.4 is 5.32 Å². The number of carbonyl (C=O) groups is 1. The summed E-state index contributed by atoms with van der Waals surface area (Å²) in [5.74, 6) is 0.00543. The largest absolute Gasteiger partial charge is 0.391 e. The zero-order valence-corrected chi connectivity index (χ0v) is 12.1. The van der Waals surface area contributed by atoms with Gasteiger partial charge in [-0.05, 0) is 31.9 Å². The van der Waals surface area contributed by atoms with Gasteiger partial charge in [0.2, 0.25) is 5.91 Å². The van der Waals surface area contributed by atoms with Crippen molar-refractivity contribution in [3.63, 3.8) is 0 Å². The van der Waals surface area contributed by atoms with Gasteiger partial charge in [-0.15, -0.1) is 0 Å². The first-order valence-corrected chi connectivity index (χ1v) is 7.38. The molecule has 4 heteroatoms. The Bertz CT molecular complexity index is 422. The van der Waals surface area contributed by atoms with Crippen molar-refractivity contribution in [3.05, 3.63) is 35.9 Å². The van der Waals surface area contributed by atoms with E-state index in [9.17, 15) is 9.90 Å². The predicted octanol–water partition coefficient (Wildman–Crippen LogP) is 1.19. The van der Waals surface area contributed by atoms with Crippen molar-refractivity contribution < 1.29 is 9.90 Å². The lowest BCUT2D eigenvalue weighted by Gasteiger charge is -2.20. The molecule has 2 atom stereocenters. The van der Waals surface area contributed by atoms with E-state index in [2.05, 4.69) is 17.1 Å². The van der Waals surface area contributed by atoms with Gasteiger partial charge in [-0.25, -0.2) is 0 Å². The van der Waals surface area contributed by atoms with E-state index < -0.39 is 6.10 Å². The molecule has 1 saturated heterocycles. The second-order valence-corrected chi connectivity index (χ2v) is 5.61. The summed E-state index contributed by atoms with van der Waals surface area (Å²) >= 11 is 0. The molecular weight excluding hydrogens is 252 g/mol. The maximum absolute atomic E-state index is 11.8. The van der Waals surface area contributed by atoms with Gasteiger partial charge < -0.3 is 10.4 Å². The van der Waals surface area contributed by atoms with Gasteiger partial charge in [-0.2, -0.15) is 0 Å². The molecule has 1 amide bonds. The van der Waals surface area contributed by atoms with Crippen LogP contribution in [-0.4, -0.2) is 47.7 Å². The third-order valence-corrected chi connectivity index (χ3v) is 3.89. The summed E-state index contributed by atoms with van der Waals surface area (Å²) in [5.41, 5.74) is 1.09. The zero-order valence-electron chi connectivity index (χ0n) is 12.1. The number of rotatable bonds is 6. The SMILES string of the molecule is CC1CCCN1CC(=O)NCC(O)Cc1ccccc1. The maximum atomic E-state index is 11.8. The highest BCUT2D eigenvalue weighted by Crippen LogP contribution is 2.15. The van der Waals surface area contributed by atoms with Crippen LogP contribution in [-0.2, 0) is 11.2 Å². The minimum absolute atomic E-state index is 0.00543. The number of hydrogen-bond donors (Lipinski definition) is 2. The molecule has 20 heavy (non-hydrogen) atoms. The molecule has 0 spiro atoms. The average molecular weight is 276 g/mol. The molecule has 1 aliphatic heterocycles. The summed E-state index contributed by atoms with van der Waals surface area (Å²) in [7, 11) is 0. The third kappa shape index (κ3) is 4.62. The molecule has 0 aliphatic carbocycles. The minimum Gasteiger partial charge on any atom is -0.391 e. The summed E-state index contributed by atoms with van der Waals surface area (Å²) in [4.78, 5) is 14.0. The first-order chi connectivity index (χ1) is 9.65. The number of amides is 1. The van der Waals surface area contributed by atoms with Gasteiger partial charge in [-0.1, -0.05) is 30.3 Å². The van der Waals surface area contributed by atoms with Crippen LogP contribution in [0.3, 0.4) is 0 Å². The van der Waals surface area contributed by atoms with Crippen LogP contribution in [0.4, 0.5) is 0 Å². The Balaban J connectivity index is 1.67. The highest BCUT2D eigenvalue weighted by atomic mass is 16.3.